The number of carbonyl (C=O) groups excluding carboxylic acids is 1. The van der Waals surface area contributed by atoms with Crippen molar-refractivity contribution in [1.29, 1.82) is 0 Å². The van der Waals surface area contributed by atoms with E-state index in [1.54, 1.807) is 0 Å². The van der Waals surface area contributed by atoms with E-state index in [0.29, 0.717) is 0 Å². The van der Waals surface area contributed by atoms with Gasteiger partial charge >= 0.3 is 169 Å². The van der Waals surface area contributed by atoms with Crippen molar-refractivity contribution in [3.63, 3.8) is 0 Å². The Bertz CT molecular complexity index is 695. The van der Waals surface area contributed by atoms with E-state index in [1.807, 2.05) is 69.3 Å². The van der Waals surface area contributed by atoms with E-state index < -0.39 is 17.6 Å². The van der Waals surface area contributed by atoms with Gasteiger partial charge in [0.05, 0.1) is 0 Å². The minimum absolute atomic E-state index is 0.0641. The normalized spacial score (nSPS) is 15.0. The Morgan fingerprint density at radius 2 is 1.59 bits per heavy atom. The number of esters is 1. The number of aliphatic hydroxyl groups excluding tert-OH is 1. The van der Waals surface area contributed by atoms with Crippen LogP contribution in [0.3, 0.4) is 0 Å². The molecule has 0 unspecified atom stereocenters. The quantitative estimate of drug-likeness (QED) is 0.499. The first kappa shape index (κ1) is 21.7. The van der Waals surface area contributed by atoms with Crippen LogP contribution in [0.5, 0.6) is 0 Å². The van der Waals surface area contributed by atoms with E-state index in [-0.39, 0.29) is 25.7 Å². The molecule has 3 nitrogen and oxygen atoms in total. The number of rotatable bonds is 8. The zero-order valence-electron chi connectivity index (χ0n) is 16.6. The Balaban J connectivity index is 2.36. The first-order chi connectivity index (χ1) is 12.8. The average molecular weight is 433 g/mol. The maximum absolute atomic E-state index is 13.1. The molecule has 0 amide bonds. The summed E-state index contributed by atoms with van der Waals surface area (Å²) in [7, 11) is 0. The van der Waals surface area contributed by atoms with Crippen LogP contribution in [0.15, 0.2) is 60.7 Å². The molecular formula is C23H30O3Se. The van der Waals surface area contributed by atoms with Gasteiger partial charge in [0, 0.05) is 0 Å². The van der Waals surface area contributed by atoms with E-state index in [9.17, 15) is 9.90 Å². The van der Waals surface area contributed by atoms with Crippen molar-refractivity contribution in [2.45, 2.75) is 57.1 Å². The maximum atomic E-state index is 13.1. The van der Waals surface area contributed by atoms with Crippen LogP contribution < -0.4 is 4.46 Å². The topological polar surface area (TPSA) is 46.5 Å². The van der Waals surface area contributed by atoms with Gasteiger partial charge in [0.2, 0.25) is 0 Å². The summed E-state index contributed by atoms with van der Waals surface area (Å²) in [5.74, 6) is -0.887. The summed E-state index contributed by atoms with van der Waals surface area (Å²) in [6, 6.07) is 19.7. The predicted octanol–water partition coefficient (Wildman–Crippen LogP) is 4.30. The van der Waals surface area contributed by atoms with Gasteiger partial charge < -0.3 is 0 Å². The summed E-state index contributed by atoms with van der Waals surface area (Å²) in [5.41, 5.74) is 0.181. The molecule has 0 spiro atoms. The van der Waals surface area contributed by atoms with Gasteiger partial charge in [-0.2, -0.15) is 0 Å². The molecule has 146 valence electrons. The van der Waals surface area contributed by atoms with Crippen LogP contribution >= 0.6 is 0 Å². The number of hydrogen-bond acceptors (Lipinski definition) is 3. The van der Waals surface area contributed by atoms with Gasteiger partial charge in [0.25, 0.3) is 0 Å². The Morgan fingerprint density at radius 3 is 2.11 bits per heavy atom. The van der Waals surface area contributed by atoms with Crippen molar-refractivity contribution < 1.29 is 14.6 Å². The molecule has 0 aromatic heterocycles. The van der Waals surface area contributed by atoms with Gasteiger partial charge in [-0.25, -0.2) is 0 Å². The van der Waals surface area contributed by atoms with Crippen LogP contribution in [-0.4, -0.2) is 31.6 Å². The minimum atomic E-state index is -0.872. The molecule has 2 rings (SSSR count). The van der Waals surface area contributed by atoms with Crippen molar-refractivity contribution in [3.05, 3.63) is 66.2 Å². The van der Waals surface area contributed by atoms with E-state index in [4.69, 9.17) is 4.74 Å². The van der Waals surface area contributed by atoms with Crippen molar-refractivity contribution in [3.8, 4) is 0 Å². The molecule has 4 heteroatoms. The van der Waals surface area contributed by atoms with E-state index in [0.717, 1.165) is 18.4 Å². The molecule has 0 saturated carbocycles. The van der Waals surface area contributed by atoms with E-state index >= 15 is 0 Å². The van der Waals surface area contributed by atoms with Crippen molar-refractivity contribution in [2.75, 3.05) is 0 Å². The van der Waals surface area contributed by atoms with Crippen LogP contribution in [0.2, 0.25) is 4.82 Å². The van der Waals surface area contributed by atoms with E-state index in [1.165, 1.54) is 4.46 Å². The summed E-state index contributed by atoms with van der Waals surface area (Å²) in [6.07, 6.45) is 0.964. The second-order valence-corrected chi connectivity index (χ2v) is 10.4. The SMILES string of the molecule is CCC[C@H]([Se]c1ccccc1)[C@H](C(=O)OC(C)(C)C)[C@@H](O)c1ccccc1. The van der Waals surface area contributed by atoms with Gasteiger partial charge in [-0.3, -0.25) is 0 Å². The molecular weight excluding hydrogens is 403 g/mol. The fourth-order valence-corrected chi connectivity index (χ4v) is 5.97. The number of aliphatic hydroxyl groups is 1. The number of benzene rings is 2. The predicted molar refractivity (Wildman–Crippen MR) is 111 cm³/mol. The fraction of sp³-hybridized carbons (Fsp3) is 0.435. The Hall–Kier alpha value is -1.61. The Labute approximate surface area is 169 Å². The molecule has 0 radical (unpaired) electrons. The molecule has 0 aliphatic heterocycles. The van der Waals surface area contributed by atoms with Crippen molar-refractivity contribution in [2.24, 2.45) is 5.92 Å². The van der Waals surface area contributed by atoms with Gasteiger partial charge in [0.15, 0.2) is 0 Å². The van der Waals surface area contributed by atoms with Crippen LogP contribution in [0.25, 0.3) is 0 Å². The third-order valence-electron chi connectivity index (χ3n) is 4.16. The van der Waals surface area contributed by atoms with Crippen LogP contribution in [0.4, 0.5) is 0 Å². The number of hydrogen-bond donors (Lipinski definition) is 1. The zero-order valence-corrected chi connectivity index (χ0v) is 18.3. The molecule has 0 bridgehead atoms. The summed E-state index contributed by atoms with van der Waals surface area (Å²) < 4.78 is 6.95. The number of carbonyl (C=O) groups is 1. The van der Waals surface area contributed by atoms with Gasteiger partial charge in [-0.1, -0.05) is 0 Å². The van der Waals surface area contributed by atoms with Crippen LogP contribution in [-0.2, 0) is 9.53 Å². The number of ether oxygens (including phenoxy) is 1. The molecule has 0 fully saturated rings. The molecule has 0 saturated heterocycles. The van der Waals surface area contributed by atoms with Gasteiger partial charge in [-0.15, -0.1) is 0 Å². The second kappa shape index (κ2) is 10.1. The molecule has 27 heavy (non-hydrogen) atoms. The molecule has 2 aromatic carbocycles. The fourth-order valence-electron chi connectivity index (χ4n) is 2.98. The van der Waals surface area contributed by atoms with Gasteiger partial charge in [-0.05, 0) is 0 Å². The molecule has 0 aliphatic rings. The van der Waals surface area contributed by atoms with Crippen LogP contribution in [0, 0.1) is 5.92 Å². The molecule has 0 heterocycles. The Morgan fingerprint density at radius 1 is 1.04 bits per heavy atom. The Kier molecular flexibility index (Phi) is 8.09. The van der Waals surface area contributed by atoms with Crippen molar-refractivity contribution >= 4 is 25.4 Å². The molecule has 1 N–H and O–H groups in total. The summed E-state index contributed by atoms with van der Waals surface area (Å²) >= 11 is 0.0641. The first-order valence-corrected chi connectivity index (χ1v) is 11.3. The third-order valence-corrected chi connectivity index (χ3v) is 7.05. The van der Waals surface area contributed by atoms with Crippen LogP contribution in [0.1, 0.15) is 52.2 Å². The average Bonchev–Trinajstić information content (AvgIpc) is 2.62. The third kappa shape index (κ3) is 6.80. The second-order valence-electron chi connectivity index (χ2n) is 7.67. The van der Waals surface area contributed by atoms with Crippen molar-refractivity contribution in [1.82, 2.24) is 0 Å². The van der Waals surface area contributed by atoms with Gasteiger partial charge in [0.1, 0.15) is 0 Å². The standard InChI is InChI=1S/C23H30O3Se/c1-5-12-19(27-18-15-10-7-11-16-18)20(22(25)26-23(2,3)4)21(24)17-13-8-6-9-14-17/h6-11,13-16,19-21,24H,5,12H2,1-4H3/t19-,20-,21-/m0/s1. The monoisotopic (exact) mass is 434 g/mol. The summed E-state index contributed by atoms with van der Waals surface area (Å²) in [4.78, 5) is 13.2. The first-order valence-electron chi connectivity index (χ1n) is 9.49. The molecule has 0 aliphatic carbocycles. The summed E-state index contributed by atoms with van der Waals surface area (Å²) in [6.45, 7) is 7.73. The zero-order chi connectivity index (χ0) is 19.9. The summed E-state index contributed by atoms with van der Waals surface area (Å²) in [5, 5.41) is 11.1. The van der Waals surface area contributed by atoms with E-state index in [2.05, 4.69) is 19.1 Å². The molecule has 3 atom stereocenters. The molecule has 2 aromatic rings.